The van der Waals surface area contributed by atoms with Crippen LogP contribution in [0.25, 0.3) is 0 Å². The molecule has 1 saturated heterocycles. The molecule has 0 aliphatic carbocycles. The number of alkyl halides is 3. The highest BCUT2D eigenvalue weighted by Gasteiger charge is 2.35. The summed E-state index contributed by atoms with van der Waals surface area (Å²) in [5.74, 6) is -1.92. The lowest BCUT2D eigenvalue weighted by Gasteiger charge is -2.17. The number of hydrogen-bond acceptors (Lipinski definition) is 3. The summed E-state index contributed by atoms with van der Waals surface area (Å²) in [5.41, 5.74) is 0.0520. The van der Waals surface area contributed by atoms with Crippen molar-refractivity contribution < 1.29 is 27.6 Å². The number of halogens is 4. The number of rotatable bonds is 6. The number of anilines is 1. The Bertz CT molecular complexity index is 980. The summed E-state index contributed by atoms with van der Waals surface area (Å²) in [5, 5.41) is 5.61. The Morgan fingerprint density at radius 2 is 1.84 bits per heavy atom. The van der Waals surface area contributed by atoms with Gasteiger partial charge in [0.15, 0.2) is 0 Å². The Morgan fingerprint density at radius 3 is 2.52 bits per heavy atom. The molecular formula is C21H19ClF3N3O3. The highest BCUT2D eigenvalue weighted by Crippen LogP contribution is 2.30. The van der Waals surface area contributed by atoms with Gasteiger partial charge in [0.05, 0.1) is 18.0 Å². The molecule has 0 saturated carbocycles. The lowest BCUT2D eigenvalue weighted by Crippen LogP contribution is -2.37. The maximum Gasteiger partial charge on any atom is 0.416 e. The van der Waals surface area contributed by atoms with Gasteiger partial charge in [0.1, 0.15) is 0 Å². The van der Waals surface area contributed by atoms with Crippen LogP contribution in [0.4, 0.5) is 18.9 Å². The Labute approximate surface area is 181 Å². The highest BCUT2D eigenvalue weighted by molar-refractivity contribution is 6.30. The molecular weight excluding hydrogens is 435 g/mol. The Morgan fingerprint density at radius 1 is 1.13 bits per heavy atom. The predicted molar refractivity (Wildman–Crippen MR) is 108 cm³/mol. The molecule has 1 atom stereocenters. The van der Waals surface area contributed by atoms with E-state index < -0.39 is 29.5 Å². The molecule has 2 aromatic carbocycles. The number of benzene rings is 2. The van der Waals surface area contributed by atoms with Gasteiger partial charge < -0.3 is 15.5 Å². The second-order valence-electron chi connectivity index (χ2n) is 7.15. The molecule has 10 heteroatoms. The van der Waals surface area contributed by atoms with E-state index >= 15 is 0 Å². The number of hydrogen-bond donors (Lipinski definition) is 2. The average Bonchev–Trinajstić information content (AvgIpc) is 3.08. The minimum absolute atomic E-state index is 0.0242. The fraction of sp³-hybridized carbons (Fsp3) is 0.286. The molecule has 1 aliphatic rings. The van der Waals surface area contributed by atoms with Crippen LogP contribution in [0.2, 0.25) is 5.02 Å². The molecule has 1 unspecified atom stereocenters. The van der Waals surface area contributed by atoms with E-state index in [1.807, 2.05) is 0 Å². The molecule has 0 radical (unpaired) electrons. The van der Waals surface area contributed by atoms with Gasteiger partial charge in [0, 0.05) is 30.2 Å². The van der Waals surface area contributed by atoms with E-state index in [1.54, 1.807) is 24.3 Å². The van der Waals surface area contributed by atoms with E-state index in [-0.39, 0.29) is 32.0 Å². The van der Waals surface area contributed by atoms with E-state index in [0.717, 1.165) is 12.1 Å². The Hall–Kier alpha value is -3.07. The molecule has 0 spiro atoms. The van der Waals surface area contributed by atoms with Crippen LogP contribution in [0.15, 0.2) is 48.5 Å². The van der Waals surface area contributed by atoms with Crippen molar-refractivity contribution in [2.45, 2.75) is 19.1 Å². The van der Waals surface area contributed by atoms with Crippen LogP contribution in [0.3, 0.4) is 0 Å². The number of amides is 3. The zero-order valence-electron chi connectivity index (χ0n) is 16.2. The number of nitrogens with zero attached hydrogens (tertiary/aromatic N) is 1. The van der Waals surface area contributed by atoms with Gasteiger partial charge in [-0.05, 0) is 42.0 Å². The van der Waals surface area contributed by atoms with E-state index in [9.17, 15) is 27.6 Å². The zero-order valence-corrected chi connectivity index (χ0v) is 17.0. The summed E-state index contributed by atoms with van der Waals surface area (Å²) >= 11 is 5.77. The van der Waals surface area contributed by atoms with Gasteiger partial charge in [0.25, 0.3) is 0 Å². The van der Waals surface area contributed by atoms with Gasteiger partial charge >= 0.3 is 6.18 Å². The van der Waals surface area contributed by atoms with Crippen molar-refractivity contribution in [3.05, 3.63) is 64.7 Å². The monoisotopic (exact) mass is 453 g/mol. The van der Waals surface area contributed by atoms with E-state index in [1.165, 1.54) is 17.0 Å². The van der Waals surface area contributed by atoms with Crippen LogP contribution in [-0.4, -0.2) is 35.7 Å². The summed E-state index contributed by atoms with van der Waals surface area (Å²) in [4.78, 5) is 37.9. The van der Waals surface area contributed by atoms with Crippen LogP contribution in [-0.2, 0) is 27.1 Å². The third-order valence-corrected chi connectivity index (χ3v) is 5.02. The van der Waals surface area contributed by atoms with Crippen molar-refractivity contribution in [2.24, 2.45) is 5.92 Å². The standard InChI is InChI=1S/C21H19ClF3N3O3/c22-16-4-6-17(7-5-16)27-18(29)10-26-20(31)14-9-19(30)28(12-14)11-13-2-1-3-15(8-13)21(23,24)25/h1-8,14H,9-12H2,(H,26,31)(H,27,29). The topological polar surface area (TPSA) is 78.5 Å². The molecule has 1 fully saturated rings. The normalized spacial score (nSPS) is 16.3. The maximum atomic E-state index is 12.9. The fourth-order valence-electron chi connectivity index (χ4n) is 3.22. The van der Waals surface area contributed by atoms with Gasteiger partial charge in [-0.2, -0.15) is 13.2 Å². The van der Waals surface area contributed by atoms with Crippen molar-refractivity contribution >= 4 is 35.0 Å². The molecule has 0 bridgehead atoms. The fourth-order valence-corrected chi connectivity index (χ4v) is 3.34. The Kier molecular flexibility index (Phi) is 6.84. The molecule has 3 amide bonds. The molecule has 1 aliphatic heterocycles. The number of nitrogens with one attached hydrogen (secondary N) is 2. The van der Waals surface area contributed by atoms with Gasteiger partial charge in [-0.15, -0.1) is 0 Å². The van der Waals surface area contributed by atoms with Gasteiger partial charge in [0.2, 0.25) is 17.7 Å². The molecule has 31 heavy (non-hydrogen) atoms. The van der Waals surface area contributed by atoms with E-state index in [4.69, 9.17) is 11.6 Å². The van der Waals surface area contributed by atoms with Crippen molar-refractivity contribution in [2.75, 3.05) is 18.4 Å². The molecule has 164 valence electrons. The third kappa shape index (κ3) is 6.21. The number of carbonyl (C=O) groups excluding carboxylic acids is 3. The second kappa shape index (κ2) is 9.38. The van der Waals surface area contributed by atoms with Gasteiger partial charge in [-0.25, -0.2) is 0 Å². The molecule has 3 rings (SSSR count). The van der Waals surface area contributed by atoms with Crippen LogP contribution >= 0.6 is 11.6 Å². The van der Waals surface area contributed by atoms with Crippen molar-refractivity contribution in [1.29, 1.82) is 0 Å². The van der Waals surface area contributed by atoms with E-state index in [2.05, 4.69) is 10.6 Å². The largest absolute Gasteiger partial charge is 0.416 e. The maximum absolute atomic E-state index is 12.9. The van der Waals surface area contributed by atoms with Crippen LogP contribution < -0.4 is 10.6 Å². The van der Waals surface area contributed by atoms with Crippen molar-refractivity contribution in [3.8, 4) is 0 Å². The highest BCUT2D eigenvalue weighted by atomic mass is 35.5. The minimum atomic E-state index is -4.47. The molecule has 2 N–H and O–H groups in total. The van der Waals surface area contributed by atoms with Gasteiger partial charge in [-0.3, -0.25) is 14.4 Å². The third-order valence-electron chi connectivity index (χ3n) is 4.76. The Balaban J connectivity index is 1.50. The van der Waals surface area contributed by atoms with Crippen LogP contribution in [0, 0.1) is 5.92 Å². The first-order valence-corrected chi connectivity index (χ1v) is 9.76. The van der Waals surface area contributed by atoms with Gasteiger partial charge in [-0.1, -0.05) is 23.7 Å². The number of carbonyl (C=O) groups is 3. The lowest BCUT2D eigenvalue weighted by molar-refractivity contribution is -0.137. The first kappa shape index (κ1) is 22.6. The second-order valence-corrected chi connectivity index (χ2v) is 7.58. The summed E-state index contributed by atoms with van der Waals surface area (Å²) in [6, 6.07) is 11.2. The first-order valence-electron chi connectivity index (χ1n) is 9.39. The minimum Gasteiger partial charge on any atom is -0.347 e. The van der Waals surface area contributed by atoms with Crippen molar-refractivity contribution in [1.82, 2.24) is 10.2 Å². The smallest absolute Gasteiger partial charge is 0.347 e. The quantitative estimate of drug-likeness (QED) is 0.703. The predicted octanol–water partition coefficient (Wildman–Crippen LogP) is 3.46. The molecule has 2 aromatic rings. The summed E-state index contributed by atoms with van der Waals surface area (Å²) in [6.45, 7) is -0.233. The van der Waals surface area contributed by atoms with E-state index in [0.29, 0.717) is 16.3 Å². The number of likely N-dealkylation sites (tertiary alicyclic amines) is 1. The molecule has 1 heterocycles. The SMILES string of the molecule is O=C(CNC(=O)C1CC(=O)N(Cc2cccc(C(F)(F)F)c2)C1)Nc1ccc(Cl)cc1. The van der Waals surface area contributed by atoms with Crippen LogP contribution in [0.1, 0.15) is 17.5 Å². The summed E-state index contributed by atoms with van der Waals surface area (Å²) < 4.78 is 38.6. The van der Waals surface area contributed by atoms with Crippen molar-refractivity contribution in [3.63, 3.8) is 0 Å². The molecule has 0 aromatic heterocycles. The zero-order chi connectivity index (χ0) is 22.6. The summed E-state index contributed by atoms with van der Waals surface area (Å²) in [6.07, 6.45) is -4.54. The first-order chi connectivity index (χ1) is 14.6. The lowest BCUT2D eigenvalue weighted by atomic mass is 10.1. The molecule has 6 nitrogen and oxygen atoms in total. The summed E-state index contributed by atoms with van der Waals surface area (Å²) in [7, 11) is 0. The van der Waals surface area contributed by atoms with Crippen LogP contribution in [0.5, 0.6) is 0 Å². The average molecular weight is 454 g/mol.